The Balaban J connectivity index is 0.00000300. The molecule has 2 saturated heterocycles. The van der Waals surface area contributed by atoms with Crippen molar-refractivity contribution in [3.8, 4) is 0 Å². The van der Waals surface area contributed by atoms with Gasteiger partial charge in [0.05, 0.1) is 0 Å². The van der Waals surface area contributed by atoms with E-state index in [1.54, 1.807) is 0 Å². The third-order valence-electron chi connectivity index (χ3n) is 6.14. The fourth-order valence-corrected chi connectivity index (χ4v) is 4.41. The molecule has 2 heterocycles. The molecule has 3 rings (SSSR count). The summed E-state index contributed by atoms with van der Waals surface area (Å²) in [4.78, 5) is 21.1. The number of carbonyl (C=O) groups is 1. The summed E-state index contributed by atoms with van der Waals surface area (Å²) >= 11 is 0. The third kappa shape index (κ3) is 7.44. The van der Waals surface area contributed by atoms with E-state index in [-0.39, 0.29) is 36.4 Å². The van der Waals surface area contributed by atoms with E-state index in [9.17, 15) is 4.79 Å². The predicted octanol–water partition coefficient (Wildman–Crippen LogP) is 2.47. The summed E-state index contributed by atoms with van der Waals surface area (Å²) in [6.45, 7) is 7.03. The number of rotatable bonds is 7. The van der Waals surface area contributed by atoms with Crippen molar-refractivity contribution < 1.29 is 4.79 Å². The minimum atomic E-state index is 0. The zero-order valence-corrected chi connectivity index (χ0v) is 19.9. The number of likely N-dealkylation sites (tertiary alicyclic amines) is 2. The molecule has 0 saturated carbocycles. The summed E-state index contributed by atoms with van der Waals surface area (Å²) in [5.41, 5.74) is 7.36. The van der Waals surface area contributed by atoms with Gasteiger partial charge in [-0.15, -0.1) is 24.0 Å². The van der Waals surface area contributed by atoms with Crippen LogP contribution in [0.15, 0.2) is 35.3 Å². The quantitative estimate of drug-likeness (QED) is 0.334. The molecular formula is C22H36IN5O. The van der Waals surface area contributed by atoms with Gasteiger partial charge in [0.15, 0.2) is 5.96 Å². The number of halogens is 1. The number of benzene rings is 1. The highest BCUT2D eigenvalue weighted by atomic mass is 127. The highest BCUT2D eigenvalue weighted by Gasteiger charge is 2.24. The average Bonchev–Trinajstić information content (AvgIpc) is 3.19. The number of nitrogens with zero attached hydrogens (tertiary/aromatic N) is 3. The number of hydrogen-bond acceptors (Lipinski definition) is 3. The van der Waals surface area contributed by atoms with Gasteiger partial charge in [0.1, 0.15) is 6.54 Å². The van der Waals surface area contributed by atoms with Gasteiger partial charge in [-0.25, -0.2) is 4.99 Å². The lowest BCUT2D eigenvalue weighted by Crippen LogP contribution is -2.44. The maximum absolute atomic E-state index is 12.5. The molecule has 162 valence electrons. The molecule has 3 N–H and O–H groups in total. The monoisotopic (exact) mass is 513 g/mol. The molecule has 0 bridgehead atoms. The second kappa shape index (κ2) is 12.4. The summed E-state index contributed by atoms with van der Waals surface area (Å²) in [5.74, 6) is 1.13. The second-order valence-corrected chi connectivity index (χ2v) is 8.02. The minimum Gasteiger partial charge on any atom is -0.370 e. The molecule has 1 aromatic carbocycles. The molecular weight excluding hydrogens is 477 g/mol. The minimum absolute atomic E-state index is 0. The van der Waals surface area contributed by atoms with Gasteiger partial charge in [-0.1, -0.05) is 37.3 Å². The Morgan fingerprint density at radius 2 is 1.90 bits per heavy atom. The molecule has 0 aromatic heterocycles. The van der Waals surface area contributed by atoms with Crippen molar-refractivity contribution in [1.29, 1.82) is 0 Å². The van der Waals surface area contributed by atoms with Gasteiger partial charge in [0.25, 0.3) is 0 Å². The number of carbonyl (C=O) groups excluding carboxylic acids is 1. The second-order valence-electron chi connectivity index (χ2n) is 8.02. The van der Waals surface area contributed by atoms with E-state index < -0.39 is 0 Å². The van der Waals surface area contributed by atoms with Crippen LogP contribution in [0.1, 0.15) is 38.2 Å². The average molecular weight is 513 g/mol. The van der Waals surface area contributed by atoms with E-state index in [0.717, 1.165) is 45.4 Å². The smallest absolute Gasteiger partial charge is 0.244 e. The van der Waals surface area contributed by atoms with E-state index in [0.29, 0.717) is 17.9 Å². The summed E-state index contributed by atoms with van der Waals surface area (Å²) in [5, 5.41) is 3.20. The lowest BCUT2D eigenvalue weighted by atomic mass is 9.90. The molecule has 1 amide bonds. The zero-order chi connectivity index (χ0) is 19.8. The van der Waals surface area contributed by atoms with Crippen LogP contribution < -0.4 is 11.1 Å². The van der Waals surface area contributed by atoms with Crippen molar-refractivity contribution in [2.24, 2.45) is 16.6 Å². The Labute approximate surface area is 192 Å². The molecule has 0 aliphatic carbocycles. The molecule has 0 radical (unpaired) electrons. The highest BCUT2D eigenvalue weighted by Crippen LogP contribution is 2.21. The van der Waals surface area contributed by atoms with Gasteiger partial charge in [0, 0.05) is 25.7 Å². The first-order valence-electron chi connectivity index (χ1n) is 10.7. The van der Waals surface area contributed by atoms with Crippen molar-refractivity contribution in [2.45, 2.75) is 45.1 Å². The standard InChI is InChI=1S/C22H35N5O.HI/c1-2-26-12-6-9-20(26)16-24-22(23)25-17-21(28)27-13-10-19(11-14-27)15-18-7-4-3-5-8-18;/h3-5,7-8,19-20H,2,6,9-17H2,1H3,(H3,23,24,25);1H. The fraction of sp³-hybridized carbons (Fsp3) is 0.636. The number of guanidine groups is 1. The normalized spacial score (nSPS) is 21.1. The summed E-state index contributed by atoms with van der Waals surface area (Å²) in [7, 11) is 0. The summed E-state index contributed by atoms with van der Waals surface area (Å²) < 4.78 is 0. The Morgan fingerprint density at radius 1 is 1.17 bits per heavy atom. The highest BCUT2D eigenvalue weighted by molar-refractivity contribution is 14.0. The lowest BCUT2D eigenvalue weighted by molar-refractivity contribution is -0.130. The Morgan fingerprint density at radius 3 is 2.59 bits per heavy atom. The summed E-state index contributed by atoms with van der Waals surface area (Å²) in [6.07, 6.45) is 5.67. The van der Waals surface area contributed by atoms with Gasteiger partial charge < -0.3 is 16.0 Å². The maximum atomic E-state index is 12.5. The Kier molecular flexibility index (Phi) is 10.2. The lowest BCUT2D eigenvalue weighted by Gasteiger charge is -2.31. The fourth-order valence-electron chi connectivity index (χ4n) is 4.41. The number of nitrogens with two attached hydrogens (primary N) is 1. The van der Waals surface area contributed by atoms with Crippen molar-refractivity contribution >= 4 is 35.8 Å². The van der Waals surface area contributed by atoms with Crippen molar-refractivity contribution in [3.05, 3.63) is 35.9 Å². The van der Waals surface area contributed by atoms with Gasteiger partial charge in [0.2, 0.25) is 5.91 Å². The molecule has 6 nitrogen and oxygen atoms in total. The van der Waals surface area contributed by atoms with Crippen LogP contribution in [0.4, 0.5) is 0 Å². The van der Waals surface area contributed by atoms with Crippen LogP contribution in [0.3, 0.4) is 0 Å². The van der Waals surface area contributed by atoms with Gasteiger partial charge in [-0.2, -0.15) is 0 Å². The van der Waals surface area contributed by atoms with Crippen LogP contribution in [0, 0.1) is 5.92 Å². The first kappa shape index (κ1) is 23.9. The van der Waals surface area contributed by atoms with Crippen LogP contribution in [-0.4, -0.2) is 67.0 Å². The molecule has 1 unspecified atom stereocenters. The number of piperidine rings is 1. The number of aliphatic imine (C=N–C) groups is 1. The Hall–Kier alpha value is -1.35. The molecule has 1 atom stereocenters. The van der Waals surface area contributed by atoms with E-state index in [4.69, 9.17) is 5.73 Å². The number of amides is 1. The molecule has 1 aromatic rings. The van der Waals surface area contributed by atoms with Crippen molar-refractivity contribution in [2.75, 3.05) is 39.3 Å². The van der Waals surface area contributed by atoms with Crippen LogP contribution in [0.5, 0.6) is 0 Å². The summed E-state index contributed by atoms with van der Waals surface area (Å²) in [6, 6.07) is 11.1. The molecule has 2 fully saturated rings. The topological polar surface area (TPSA) is 74.0 Å². The first-order chi connectivity index (χ1) is 13.7. The molecule has 0 spiro atoms. The van der Waals surface area contributed by atoms with Crippen LogP contribution in [-0.2, 0) is 11.2 Å². The Bertz CT molecular complexity index is 646. The van der Waals surface area contributed by atoms with E-state index >= 15 is 0 Å². The van der Waals surface area contributed by atoms with Crippen LogP contribution >= 0.6 is 24.0 Å². The molecule has 7 heteroatoms. The first-order valence-corrected chi connectivity index (χ1v) is 10.7. The van der Waals surface area contributed by atoms with E-state index in [1.165, 1.54) is 24.9 Å². The molecule has 2 aliphatic heterocycles. The largest absolute Gasteiger partial charge is 0.370 e. The number of likely N-dealkylation sites (N-methyl/N-ethyl adjacent to an activating group) is 1. The predicted molar refractivity (Wildman–Crippen MR) is 130 cm³/mol. The van der Waals surface area contributed by atoms with Gasteiger partial charge in [-0.05, 0) is 56.7 Å². The van der Waals surface area contributed by atoms with Crippen LogP contribution in [0.2, 0.25) is 0 Å². The van der Waals surface area contributed by atoms with Crippen molar-refractivity contribution in [3.63, 3.8) is 0 Å². The van der Waals surface area contributed by atoms with Gasteiger partial charge >= 0.3 is 0 Å². The SMILES string of the molecule is CCN1CCCC1CNC(N)=NCC(=O)N1CCC(Cc2ccccc2)CC1.I. The number of nitrogens with one attached hydrogen (secondary N) is 1. The van der Waals surface area contributed by atoms with Gasteiger partial charge in [-0.3, -0.25) is 9.69 Å². The number of hydrogen-bond donors (Lipinski definition) is 2. The van der Waals surface area contributed by atoms with E-state index in [1.807, 2.05) is 4.90 Å². The molecule has 2 aliphatic rings. The maximum Gasteiger partial charge on any atom is 0.244 e. The van der Waals surface area contributed by atoms with E-state index in [2.05, 4.69) is 52.5 Å². The third-order valence-corrected chi connectivity index (χ3v) is 6.14. The van der Waals surface area contributed by atoms with Crippen LogP contribution in [0.25, 0.3) is 0 Å². The zero-order valence-electron chi connectivity index (χ0n) is 17.6. The van der Waals surface area contributed by atoms with Crippen molar-refractivity contribution in [1.82, 2.24) is 15.1 Å². The molecule has 29 heavy (non-hydrogen) atoms.